The molecule has 102 valence electrons. The zero-order valence-corrected chi connectivity index (χ0v) is 11.0. The fourth-order valence-electron chi connectivity index (χ4n) is 1.71. The van der Waals surface area contributed by atoms with Gasteiger partial charge in [0, 0.05) is 5.69 Å². The molecule has 0 spiro atoms. The molecule has 0 aromatic heterocycles. The Hall–Kier alpha value is -1.39. The van der Waals surface area contributed by atoms with Gasteiger partial charge in [0.25, 0.3) is 0 Å². The quantitative estimate of drug-likeness (QED) is 0.881. The maximum atomic E-state index is 12.2. The fourth-order valence-corrected chi connectivity index (χ4v) is 1.71. The Morgan fingerprint density at radius 2 is 1.89 bits per heavy atom. The number of ether oxygens (including phenoxy) is 1. The molecular formula is C13H18F3NO. The molecule has 1 rings (SSSR count). The van der Waals surface area contributed by atoms with Crippen molar-refractivity contribution < 1.29 is 17.9 Å². The molecule has 0 amide bonds. The molecule has 0 saturated heterocycles. The maximum Gasteiger partial charge on any atom is 0.405 e. The highest BCUT2D eigenvalue weighted by Gasteiger charge is 2.27. The van der Waals surface area contributed by atoms with E-state index >= 15 is 0 Å². The van der Waals surface area contributed by atoms with Gasteiger partial charge in [0.1, 0.15) is 12.3 Å². The van der Waals surface area contributed by atoms with Crippen LogP contribution in [-0.4, -0.2) is 19.8 Å². The molecule has 1 N–H and O–H groups in total. The van der Waals surface area contributed by atoms with Gasteiger partial charge >= 0.3 is 6.18 Å². The van der Waals surface area contributed by atoms with E-state index in [2.05, 4.69) is 5.32 Å². The van der Waals surface area contributed by atoms with Crippen LogP contribution < -0.4 is 10.1 Å². The molecule has 2 nitrogen and oxygen atoms in total. The molecule has 0 atom stereocenters. The summed E-state index contributed by atoms with van der Waals surface area (Å²) in [4.78, 5) is 0. The third-order valence-corrected chi connectivity index (χ3v) is 2.68. The summed E-state index contributed by atoms with van der Waals surface area (Å²) in [7, 11) is 1.56. The summed E-state index contributed by atoms with van der Waals surface area (Å²) in [5, 5.41) is 2.42. The second-order valence-electron chi connectivity index (χ2n) is 4.53. The molecule has 0 unspecified atom stereocenters. The summed E-state index contributed by atoms with van der Waals surface area (Å²) in [6.07, 6.45) is -4.22. The van der Waals surface area contributed by atoms with Gasteiger partial charge in [-0.1, -0.05) is 13.8 Å². The molecule has 0 aliphatic rings. The van der Waals surface area contributed by atoms with Crippen LogP contribution >= 0.6 is 0 Å². The van der Waals surface area contributed by atoms with Gasteiger partial charge in [-0.25, -0.2) is 0 Å². The fraction of sp³-hybridized carbons (Fsp3) is 0.538. The average Bonchev–Trinajstić information content (AvgIpc) is 2.25. The molecule has 0 radical (unpaired) electrons. The summed E-state index contributed by atoms with van der Waals surface area (Å²) in [5.74, 6) is 0.895. The molecule has 18 heavy (non-hydrogen) atoms. The van der Waals surface area contributed by atoms with E-state index in [9.17, 15) is 13.2 Å². The van der Waals surface area contributed by atoms with Crippen molar-refractivity contribution in [3.05, 3.63) is 23.3 Å². The zero-order chi connectivity index (χ0) is 13.9. The number of halogens is 3. The highest BCUT2D eigenvalue weighted by Crippen LogP contribution is 2.32. The van der Waals surface area contributed by atoms with Gasteiger partial charge in [0.15, 0.2) is 0 Å². The summed E-state index contributed by atoms with van der Waals surface area (Å²) < 4.78 is 41.8. The summed E-state index contributed by atoms with van der Waals surface area (Å²) in [5.41, 5.74) is 2.13. The standard InChI is InChI=1S/C13H18F3NO/c1-8(2)10-6-11(17-7-13(14,15)16)9(3)5-12(10)18-4/h5-6,8,17H,7H2,1-4H3. The third-order valence-electron chi connectivity index (χ3n) is 2.68. The van der Waals surface area contributed by atoms with Crippen LogP contribution in [0.25, 0.3) is 0 Å². The van der Waals surface area contributed by atoms with Gasteiger partial charge in [0.2, 0.25) is 0 Å². The van der Waals surface area contributed by atoms with Crippen molar-refractivity contribution in [2.75, 3.05) is 19.0 Å². The first-order valence-electron chi connectivity index (χ1n) is 5.73. The average molecular weight is 261 g/mol. The Bertz CT molecular complexity index is 413. The minimum atomic E-state index is -4.22. The van der Waals surface area contributed by atoms with E-state index in [4.69, 9.17) is 4.74 Å². The molecule has 0 saturated carbocycles. The second kappa shape index (κ2) is 5.50. The molecule has 5 heteroatoms. The SMILES string of the molecule is COc1cc(C)c(NCC(F)(F)F)cc1C(C)C. The van der Waals surface area contributed by atoms with Crippen molar-refractivity contribution in [3.8, 4) is 5.75 Å². The molecule has 1 aromatic carbocycles. The predicted octanol–water partition coefficient (Wildman–Crippen LogP) is 4.10. The lowest BCUT2D eigenvalue weighted by Crippen LogP contribution is -2.21. The minimum Gasteiger partial charge on any atom is -0.496 e. The van der Waals surface area contributed by atoms with E-state index in [0.717, 1.165) is 11.1 Å². The lowest BCUT2D eigenvalue weighted by Gasteiger charge is -2.17. The van der Waals surface area contributed by atoms with Crippen LogP contribution in [0, 0.1) is 6.92 Å². The van der Waals surface area contributed by atoms with Crippen LogP contribution in [0.2, 0.25) is 0 Å². The van der Waals surface area contributed by atoms with Crippen LogP contribution in [0.3, 0.4) is 0 Å². The van der Waals surface area contributed by atoms with Crippen LogP contribution in [0.1, 0.15) is 30.9 Å². The second-order valence-corrected chi connectivity index (χ2v) is 4.53. The number of benzene rings is 1. The van der Waals surface area contributed by atoms with E-state index in [0.29, 0.717) is 11.4 Å². The number of anilines is 1. The van der Waals surface area contributed by atoms with Gasteiger partial charge < -0.3 is 10.1 Å². The first kappa shape index (κ1) is 14.7. The lowest BCUT2D eigenvalue weighted by atomic mass is 9.99. The number of aryl methyl sites for hydroxylation is 1. The number of alkyl halides is 3. The number of methoxy groups -OCH3 is 1. The van der Waals surface area contributed by atoms with Gasteiger partial charge in [-0.3, -0.25) is 0 Å². The lowest BCUT2D eigenvalue weighted by molar-refractivity contribution is -0.115. The summed E-state index contributed by atoms with van der Waals surface area (Å²) in [6, 6.07) is 3.48. The molecule has 0 heterocycles. The first-order valence-corrected chi connectivity index (χ1v) is 5.73. The third kappa shape index (κ3) is 3.82. The maximum absolute atomic E-state index is 12.2. The summed E-state index contributed by atoms with van der Waals surface area (Å²) >= 11 is 0. The summed E-state index contributed by atoms with van der Waals surface area (Å²) in [6.45, 7) is 4.67. The van der Waals surface area contributed by atoms with Crippen molar-refractivity contribution >= 4 is 5.69 Å². The van der Waals surface area contributed by atoms with Crippen molar-refractivity contribution in [1.29, 1.82) is 0 Å². The Balaban J connectivity index is 3.02. The molecule has 1 aromatic rings. The Morgan fingerprint density at radius 3 is 2.33 bits per heavy atom. The zero-order valence-electron chi connectivity index (χ0n) is 11.0. The van der Waals surface area contributed by atoms with E-state index in [1.54, 1.807) is 26.2 Å². The van der Waals surface area contributed by atoms with E-state index in [1.165, 1.54) is 0 Å². The van der Waals surface area contributed by atoms with Gasteiger partial charge in [-0.05, 0) is 36.1 Å². The number of hydrogen-bond donors (Lipinski definition) is 1. The van der Waals surface area contributed by atoms with Crippen molar-refractivity contribution in [2.24, 2.45) is 0 Å². The largest absolute Gasteiger partial charge is 0.496 e. The Labute approximate surface area is 105 Å². The predicted molar refractivity (Wildman–Crippen MR) is 66.4 cm³/mol. The van der Waals surface area contributed by atoms with Crippen LogP contribution in [0.4, 0.5) is 18.9 Å². The number of hydrogen-bond acceptors (Lipinski definition) is 2. The molecule has 0 aliphatic heterocycles. The van der Waals surface area contributed by atoms with Crippen LogP contribution in [0.5, 0.6) is 5.75 Å². The number of rotatable bonds is 4. The van der Waals surface area contributed by atoms with Gasteiger partial charge in [-0.2, -0.15) is 13.2 Å². The molecular weight excluding hydrogens is 243 g/mol. The van der Waals surface area contributed by atoms with Crippen molar-refractivity contribution in [3.63, 3.8) is 0 Å². The Kier molecular flexibility index (Phi) is 4.48. The van der Waals surface area contributed by atoms with E-state index < -0.39 is 12.7 Å². The van der Waals surface area contributed by atoms with Gasteiger partial charge in [-0.15, -0.1) is 0 Å². The normalized spacial score (nSPS) is 11.8. The molecule has 0 aliphatic carbocycles. The van der Waals surface area contributed by atoms with Crippen molar-refractivity contribution in [2.45, 2.75) is 32.9 Å². The van der Waals surface area contributed by atoms with Crippen LogP contribution in [-0.2, 0) is 0 Å². The smallest absolute Gasteiger partial charge is 0.405 e. The first-order chi connectivity index (χ1) is 8.24. The number of nitrogens with one attached hydrogen (secondary N) is 1. The topological polar surface area (TPSA) is 21.3 Å². The highest BCUT2D eigenvalue weighted by molar-refractivity contribution is 5.58. The highest BCUT2D eigenvalue weighted by atomic mass is 19.4. The Morgan fingerprint density at radius 1 is 1.28 bits per heavy atom. The van der Waals surface area contributed by atoms with E-state index in [1.807, 2.05) is 13.8 Å². The minimum absolute atomic E-state index is 0.187. The van der Waals surface area contributed by atoms with Crippen LogP contribution in [0.15, 0.2) is 12.1 Å². The monoisotopic (exact) mass is 261 g/mol. The molecule has 0 fully saturated rings. The molecule has 0 bridgehead atoms. The van der Waals surface area contributed by atoms with E-state index in [-0.39, 0.29) is 5.92 Å². The van der Waals surface area contributed by atoms with Gasteiger partial charge in [0.05, 0.1) is 7.11 Å². The van der Waals surface area contributed by atoms with Crippen molar-refractivity contribution in [1.82, 2.24) is 0 Å².